The summed E-state index contributed by atoms with van der Waals surface area (Å²) in [4.78, 5) is -0.120. The lowest BCUT2D eigenvalue weighted by Crippen LogP contribution is -2.29. The number of halogens is 3. The topological polar surface area (TPSA) is 46.2 Å². The van der Waals surface area contributed by atoms with Crippen LogP contribution in [0, 0.1) is 0 Å². The molecule has 0 unspecified atom stereocenters. The molecule has 0 fully saturated rings. The molecule has 0 saturated heterocycles. The van der Waals surface area contributed by atoms with E-state index in [0.29, 0.717) is 0 Å². The van der Waals surface area contributed by atoms with Crippen molar-refractivity contribution in [1.82, 2.24) is 4.72 Å². The van der Waals surface area contributed by atoms with Crippen LogP contribution in [-0.4, -0.2) is 8.42 Å². The van der Waals surface area contributed by atoms with Gasteiger partial charge in [0.05, 0.1) is 21.1 Å². The fourth-order valence-corrected chi connectivity index (χ4v) is 4.76. The Balaban J connectivity index is 2.06. The Kier molecular flexibility index (Phi) is 5.90. The molecule has 0 heterocycles. The second-order valence-corrected chi connectivity index (χ2v) is 8.48. The summed E-state index contributed by atoms with van der Waals surface area (Å²) in [7, 11) is -3.95. The molecule has 0 spiro atoms. The van der Waals surface area contributed by atoms with Crippen LogP contribution in [0.3, 0.4) is 0 Å². The normalized spacial score (nSPS) is 11.7. The lowest BCUT2D eigenvalue weighted by molar-refractivity contribution is 0.572. The summed E-state index contributed by atoms with van der Waals surface area (Å²) < 4.78 is 28.7. The summed E-state index contributed by atoms with van der Waals surface area (Å²) in [5.74, 6) is 0. The van der Waals surface area contributed by atoms with E-state index in [1.165, 1.54) is 12.1 Å². The Morgan fingerprint density at radius 3 is 1.65 bits per heavy atom. The van der Waals surface area contributed by atoms with Gasteiger partial charge in [-0.3, -0.25) is 0 Å². The molecule has 3 rings (SSSR count). The molecule has 0 aromatic heterocycles. The third-order valence-corrected chi connectivity index (χ3v) is 6.41. The number of sulfonamides is 1. The summed E-state index contributed by atoms with van der Waals surface area (Å²) in [5, 5.41) is 0.317. The Labute approximate surface area is 167 Å². The smallest absolute Gasteiger partial charge is 0.207 e. The van der Waals surface area contributed by atoms with Gasteiger partial charge in [0.25, 0.3) is 0 Å². The van der Waals surface area contributed by atoms with E-state index in [2.05, 4.69) is 4.72 Å². The Hall–Kier alpha value is -1.56. The SMILES string of the molecule is O=S(=O)(NC(c1ccccc1)c1ccccc1)c1cc(Cl)c(Cl)cc1Cl. The minimum Gasteiger partial charge on any atom is -0.207 e. The Morgan fingerprint density at radius 2 is 1.15 bits per heavy atom. The molecule has 3 aromatic carbocycles. The van der Waals surface area contributed by atoms with Crippen LogP contribution in [0.5, 0.6) is 0 Å². The first-order chi connectivity index (χ1) is 12.4. The number of nitrogens with one attached hydrogen (secondary N) is 1. The number of hydrogen-bond acceptors (Lipinski definition) is 2. The molecule has 3 nitrogen and oxygen atoms in total. The van der Waals surface area contributed by atoms with E-state index in [0.717, 1.165) is 11.1 Å². The first-order valence-electron chi connectivity index (χ1n) is 7.65. The average molecular weight is 427 g/mol. The third kappa shape index (κ3) is 4.22. The standard InChI is InChI=1S/C19H14Cl3NO2S/c20-15-11-17(22)18(12-16(15)21)26(24,25)23-19(13-7-3-1-4-8-13)14-9-5-2-6-10-14/h1-12,19,23H. The van der Waals surface area contributed by atoms with Gasteiger partial charge in [-0.25, -0.2) is 8.42 Å². The predicted molar refractivity (Wildman–Crippen MR) is 107 cm³/mol. The Bertz CT molecular complexity index is 970. The van der Waals surface area contributed by atoms with Crippen LogP contribution in [0.2, 0.25) is 15.1 Å². The van der Waals surface area contributed by atoms with Gasteiger partial charge < -0.3 is 0 Å². The molecule has 0 bridgehead atoms. The molecule has 0 atom stereocenters. The van der Waals surface area contributed by atoms with Gasteiger partial charge in [-0.1, -0.05) is 95.5 Å². The quantitative estimate of drug-likeness (QED) is 0.531. The Morgan fingerprint density at radius 1 is 0.692 bits per heavy atom. The van der Waals surface area contributed by atoms with Gasteiger partial charge in [0, 0.05) is 0 Å². The van der Waals surface area contributed by atoms with Gasteiger partial charge in [-0.15, -0.1) is 0 Å². The van der Waals surface area contributed by atoms with Crippen molar-refractivity contribution in [2.75, 3.05) is 0 Å². The van der Waals surface area contributed by atoms with Crippen LogP contribution in [0.15, 0.2) is 77.7 Å². The fourth-order valence-electron chi connectivity index (χ4n) is 2.55. The van der Waals surface area contributed by atoms with Crippen molar-refractivity contribution in [2.24, 2.45) is 0 Å². The van der Waals surface area contributed by atoms with Crippen LogP contribution < -0.4 is 4.72 Å². The molecule has 26 heavy (non-hydrogen) atoms. The highest BCUT2D eigenvalue weighted by atomic mass is 35.5. The summed E-state index contributed by atoms with van der Waals surface area (Å²) >= 11 is 18.0. The number of hydrogen-bond donors (Lipinski definition) is 1. The van der Waals surface area contributed by atoms with Crippen molar-refractivity contribution in [3.8, 4) is 0 Å². The van der Waals surface area contributed by atoms with E-state index in [9.17, 15) is 8.42 Å². The van der Waals surface area contributed by atoms with Crippen LogP contribution in [-0.2, 0) is 10.0 Å². The van der Waals surface area contributed by atoms with Gasteiger partial charge in [0.15, 0.2) is 0 Å². The van der Waals surface area contributed by atoms with Crippen molar-refractivity contribution in [3.05, 3.63) is 99.0 Å². The van der Waals surface area contributed by atoms with Gasteiger partial charge in [-0.05, 0) is 23.3 Å². The second kappa shape index (κ2) is 7.99. The van der Waals surface area contributed by atoms with Gasteiger partial charge in [-0.2, -0.15) is 4.72 Å². The lowest BCUT2D eigenvalue weighted by atomic mass is 10.00. The predicted octanol–water partition coefficient (Wildman–Crippen LogP) is 5.71. The summed E-state index contributed by atoms with van der Waals surface area (Å²) in [6.45, 7) is 0. The largest absolute Gasteiger partial charge is 0.242 e. The molecule has 0 amide bonds. The molecular weight excluding hydrogens is 413 g/mol. The highest BCUT2D eigenvalue weighted by Gasteiger charge is 2.25. The summed E-state index contributed by atoms with van der Waals surface area (Å²) in [6, 6.07) is 20.6. The third-order valence-electron chi connectivity index (χ3n) is 3.80. The number of rotatable bonds is 5. The van der Waals surface area contributed by atoms with E-state index in [4.69, 9.17) is 34.8 Å². The van der Waals surface area contributed by atoms with E-state index < -0.39 is 16.1 Å². The fraction of sp³-hybridized carbons (Fsp3) is 0.0526. The molecular formula is C19H14Cl3NO2S. The maximum absolute atomic E-state index is 13.0. The molecule has 0 aliphatic carbocycles. The maximum Gasteiger partial charge on any atom is 0.242 e. The van der Waals surface area contributed by atoms with E-state index in [-0.39, 0.29) is 20.0 Å². The lowest BCUT2D eigenvalue weighted by Gasteiger charge is -2.20. The molecule has 3 aromatic rings. The van der Waals surface area contributed by atoms with Gasteiger partial charge >= 0.3 is 0 Å². The molecule has 7 heteroatoms. The first-order valence-corrected chi connectivity index (χ1v) is 10.3. The molecule has 0 saturated carbocycles. The van der Waals surface area contributed by atoms with Crippen LogP contribution >= 0.6 is 34.8 Å². The number of benzene rings is 3. The van der Waals surface area contributed by atoms with E-state index >= 15 is 0 Å². The van der Waals surface area contributed by atoms with Gasteiger partial charge in [0.2, 0.25) is 10.0 Å². The van der Waals surface area contributed by atoms with Crippen molar-refractivity contribution >= 4 is 44.8 Å². The molecule has 0 aliphatic rings. The average Bonchev–Trinajstić information content (AvgIpc) is 2.64. The minimum atomic E-state index is -3.95. The van der Waals surface area contributed by atoms with Crippen molar-refractivity contribution in [3.63, 3.8) is 0 Å². The van der Waals surface area contributed by atoms with E-state index in [1.807, 2.05) is 60.7 Å². The van der Waals surface area contributed by atoms with Crippen LogP contribution in [0.25, 0.3) is 0 Å². The monoisotopic (exact) mass is 425 g/mol. The second-order valence-electron chi connectivity index (χ2n) is 5.57. The summed E-state index contributed by atoms with van der Waals surface area (Å²) in [5.41, 5.74) is 1.61. The zero-order valence-electron chi connectivity index (χ0n) is 13.4. The highest BCUT2D eigenvalue weighted by molar-refractivity contribution is 7.89. The van der Waals surface area contributed by atoms with Crippen LogP contribution in [0.1, 0.15) is 17.2 Å². The molecule has 134 valence electrons. The zero-order chi connectivity index (χ0) is 18.7. The van der Waals surface area contributed by atoms with Crippen molar-refractivity contribution in [1.29, 1.82) is 0 Å². The molecule has 1 N–H and O–H groups in total. The van der Waals surface area contributed by atoms with Gasteiger partial charge in [0.1, 0.15) is 4.90 Å². The molecule has 0 aliphatic heterocycles. The highest BCUT2D eigenvalue weighted by Crippen LogP contribution is 2.33. The summed E-state index contributed by atoms with van der Waals surface area (Å²) in [6.07, 6.45) is 0. The molecule has 0 radical (unpaired) electrons. The van der Waals surface area contributed by atoms with E-state index in [1.54, 1.807) is 0 Å². The van der Waals surface area contributed by atoms with Crippen LogP contribution in [0.4, 0.5) is 0 Å². The van der Waals surface area contributed by atoms with Crippen molar-refractivity contribution in [2.45, 2.75) is 10.9 Å². The first kappa shape index (κ1) is 19.2. The maximum atomic E-state index is 13.0. The zero-order valence-corrected chi connectivity index (χ0v) is 16.4. The van der Waals surface area contributed by atoms with Crippen molar-refractivity contribution < 1.29 is 8.42 Å². The minimum absolute atomic E-state index is 0.00627.